The molecule has 0 radical (unpaired) electrons. The van der Waals surface area contributed by atoms with Crippen molar-refractivity contribution in [2.24, 2.45) is 17.9 Å². The number of oxime groups is 1. The lowest BCUT2D eigenvalue weighted by Crippen LogP contribution is -2.26. The van der Waals surface area contributed by atoms with Gasteiger partial charge in [0.1, 0.15) is 0 Å². The zero-order valence-corrected chi connectivity index (χ0v) is 9.28. The highest BCUT2D eigenvalue weighted by Crippen LogP contribution is 2.21. The highest BCUT2D eigenvalue weighted by molar-refractivity contribution is 8.00. The summed E-state index contributed by atoms with van der Waals surface area (Å²) in [5.74, 6) is 0.123. The van der Waals surface area contributed by atoms with E-state index in [1.54, 1.807) is 7.05 Å². The van der Waals surface area contributed by atoms with Crippen molar-refractivity contribution in [1.29, 1.82) is 0 Å². The van der Waals surface area contributed by atoms with Crippen LogP contribution in [0, 0.1) is 0 Å². The van der Waals surface area contributed by atoms with Gasteiger partial charge >= 0.3 is 5.69 Å². The Morgan fingerprint density at radius 2 is 2.53 bits per heavy atom. The van der Waals surface area contributed by atoms with Gasteiger partial charge in [-0.2, -0.15) is 0 Å². The first-order chi connectivity index (χ1) is 7.10. The Labute approximate surface area is 90.4 Å². The molecule has 0 saturated carbocycles. The van der Waals surface area contributed by atoms with E-state index in [2.05, 4.69) is 15.4 Å². The fourth-order valence-corrected chi connectivity index (χ4v) is 1.91. The summed E-state index contributed by atoms with van der Waals surface area (Å²) in [6.45, 7) is 1.90. The number of hydrogen-bond donors (Lipinski definition) is 3. The van der Waals surface area contributed by atoms with Crippen molar-refractivity contribution in [3.05, 3.63) is 10.5 Å². The molecule has 1 rings (SSSR count). The van der Waals surface area contributed by atoms with E-state index in [1.807, 2.05) is 6.92 Å². The minimum absolute atomic E-state index is 0.123. The molecule has 84 valence electrons. The average molecular weight is 231 g/mol. The number of aromatic amines is 1. The maximum absolute atomic E-state index is 11.1. The molecule has 1 unspecified atom stereocenters. The van der Waals surface area contributed by atoms with E-state index in [1.165, 1.54) is 16.3 Å². The second-order valence-corrected chi connectivity index (χ2v) is 4.08. The molecular weight excluding hydrogens is 218 g/mol. The normalized spacial score (nSPS) is 14.1. The molecule has 1 aromatic heterocycles. The Bertz CT molecular complexity index is 410. The van der Waals surface area contributed by atoms with Gasteiger partial charge in [0.25, 0.3) is 0 Å². The SMILES string of the molecule is CCC(Sc1n[nH]c(=O)n1C)C(N)=NO. The largest absolute Gasteiger partial charge is 0.409 e. The monoisotopic (exact) mass is 231 g/mol. The van der Waals surface area contributed by atoms with Crippen LogP contribution in [-0.2, 0) is 7.05 Å². The molecule has 1 aromatic rings. The quantitative estimate of drug-likeness (QED) is 0.217. The lowest BCUT2D eigenvalue weighted by Gasteiger charge is -2.10. The molecule has 0 saturated heterocycles. The number of rotatable bonds is 4. The van der Waals surface area contributed by atoms with Crippen molar-refractivity contribution in [2.45, 2.75) is 23.8 Å². The first-order valence-electron chi connectivity index (χ1n) is 4.35. The fraction of sp³-hybridized carbons (Fsp3) is 0.571. The molecule has 0 aliphatic rings. The van der Waals surface area contributed by atoms with Gasteiger partial charge in [-0.1, -0.05) is 23.8 Å². The number of thioether (sulfide) groups is 1. The zero-order valence-electron chi connectivity index (χ0n) is 8.47. The standard InChI is InChI=1S/C7H13N5O2S/c1-3-4(5(8)11-14)15-7-10-9-6(13)12(7)2/h4,14H,3H2,1-2H3,(H2,8,11)(H,9,13). The predicted octanol–water partition coefficient (Wildman–Crippen LogP) is -0.275. The molecule has 0 aliphatic carbocycles. The van der Waals surface area contributed by atoms with Gasteiger partial charge in [-0.25, -0.2) is 9.89 Å². The fourth-order valence-electron chi connectivity index (χ4n) is 0.982. The highest BCUT2D eigenvalue weighted by atomic mass is 32.2. The molecule has 7 nitrogen and oxygen atoms in total. The van der Waals surface area contributed by atoms with Crippen LogP contribution in [-0.4, -0.2) is 31.1 Å². The number of nitrogens with two attached hydrogens (primary N) is 1. The summed E-state index contributed by atoms with van der Waals surface area (Å²) in [4.78, 5) is 11.1. The van der Waals surface area contributed by atoms with Gasteiger partial charge in [0.15, 0.2) is 11.0 Å². The van der Waals surface area contributed by atoms with Crippen LogP contribution in [0.5, 0.6) is 0 Å². The molecule has 0 aliphatic heterocycles. The number of nitrogens with zero attached hydrogens (tertiary/aromatic N) is 3. The van der Waals surface area contributed by atoms with Crippen molar-refractivity contribution < 1.29 is 5.21 Å². The van der Waals surface area contributed by atoms with Gasteiger partial charge in [0.2, 0.25) is 0 Å². The Hall–Kier alpha value is -1.44. The Morgan fingerprint density at radius 1 is 1.87 bits per heavy atom. The van der Waals surface area contributed by atoms with Gasteiger partial charge in [0, 0.05) is 7.05 Å². The van der Waals surface area contributed by atoms with Crippen molar-refractivity contribution in [2.75, 3.05) is 0 Å². The molecule has 0 amide bonds. The van der Waals surface area contributed by atoms with E-state index in [-0.39, 0.29) is 16.8 Å². The number of aromatic nitrogens is 3. The number of hydrogen-bond acceptors (Lipinski definition) is 5. The molecule has 0 bridgehead atoms. The van der Waals surface area contributed by atoms with Crippen molar-refractivity contribution in [3.8, 4) is 0 Å². The third-order valence-corrected chi connectivity index (χ3v) is 3.34. The Morgan fingerprint density at radius 3 is 2.93 bits per heavy atom. The molecule has 1 heterocycles. The molecule has 8 heteroatoms. The Kier molecular flexibility index (Phi) is 3.78. The first-order valence-corrected chi connectivity index (χ1v) is 5.23. The van der Waals surface area contributed by atoms with Crippen LogP contribution >= 0.6 is 11.8 Å². The van der Waals surface area contributed by atoms with Gasteiger partial charge in [-0.3, -0.25) is 4.57 Å². The number of nitrogens with one attached hydrogen (secondary N) is 1. The van der Waals surface area contributed by atoms with Gasteiger partial charge < -0.3 is 10.9 Å². The van der Waals surface area contributed by atoms with Crippen LogP contribution < -0.4 is 11.4 Å². The smallest absolute Gasteiger partial charge is 0.343 e. The number of H-pyrrole nitrogens is 1. The topological polar surface area (TPSA) is 109 Å². The first kappa shape index (κ1) is 11.6. The third-order valence-electron chi connectivity index (χ3n) is 1.90. The van der Waals surface area contributed by atoms with Crippen LogP contribution in [0.3, 0.4) is 0 Å². The predicted molar refractivity (Wildman–Crippen MR) is 57.2 cm³/mol. The highest BCUT2D eigenvalue weighted by Gasteiger charge is 2.17. The van der Waals surface area contributed by atoms with E-state index in [4.69, 9.17) is 10.9 Å². The van der Waals surface area contributed by atoms with Crippen LogP contribution in [0.2, 0.25) is 0 Å². The molecule has 0 fully saturated rings. The van der Waals surface area contributed by atoms with Crippen LogP contribution in [0.1, 0.15) is 13.3 Å². The molecule has 4 N–H and O–H groups in total. The second kappa shape index (κ2) is 4.87. The van der Waals surface area contributed by atoms with Crippen molar-refractivity contribution >= 4 is 17.6 Å². The van der Waals surface area contributed by atoms with E-state index in [0.29, 0.717) is 11.6 Å². The van der Waals surface area contributed by atoms with Gasteiger partial charge in [-0.15, -0.1) is 5.10 Å². The lowest BCUT2D eigenvalue weighted by molar-refractivity contribution is 0.317. The molecule has 15 heavy (non-hydrogen) atoms. The second-order valence-electron chi connectivity index (χ2n) is 2.91. The van der Waals surface area contributed by atoms with Crippen LogP contribution in [0.25, 0.3) is 0 Å². The minimum Gasteiger partial charge on any atom is -0.409 e. The molecular formula is C7H13N5O2S. The summed E-state index contributed by atoms with van der Waals surface area (Å²) in [7, 11) is 1.60. The molecule has 0 spiro atoms. The van der Waals surface area contributed by atoms with Gasteiger partial charge in [-0.05, 0) is 6.42 Å². The van der Waals surface area contributed by atoms with Crippen molar-refractivity contribution in [3.63, 3.8) is 0 Å². The summed E-state index contributed by atoms with van der Waals surface area (Å²) in [5.41, 5.74) is 5.20. The van der Waals surface area contributed by atoms with Crippen molar-refractivity contribution in [1.82, 2.24) is 14.8 Å². The minimum atomic E-state index is -0.285. The average Bonchev–Trinajstić information content (AvgIpc) is 2.56. The summed E-state index contributed by atoms with van der Waals surface area (Å²) >= 11 is 1.27. The zero-order chi connectivity index (χ0) is 11.4. The van der Waals surface area contributed by atoms with Crippen LogP contribution in [0.15, 0.2) is 15.1 Å². The van der Waals surface area contributed by atoms with Crippen LogP contribution in [0.4, 0.5) is 0 Å². The summed E-state index contributed by atoms with van der Waals surface area (Å²) in [6.07, 6.45) is 0.682. The van der Waals surface area contributed by atoms with E-state index in [0.717, 1.165) is 0 Å². The lowest BCUT2D eigenvalue weighted by atomic mass is 10.3. The maximum Gasteiger partial charge on any atom is 0.343 e. The number of amidine groups is 1. The van der Waals surface area contributed by atoms with E-state index >= 15 is 0 Å². The van der Waals surface area contributed by atoms with E-state index in [9.17, 15) is 4.79 Å². The summed E-state index contributed by atoms with van der Waals surface area (Å²) in [6, 6.07) is 0. The van der Waals surface area contributed by atoms with Gasteiger partial charge in [0.05, 0.1) is 5.25 Å². The Balaban J connectivity index is 2.84. The van der Waals surface area contributed by atoms with E-state index < -0.39 is 0 Å². The molecule has 1 atom stereocenters. The summed E-state index contributed by atoms with van der Waals surface area (Å²) < 4.78 is 1.37. The molecule has 0 aromatic carbocycles. The maximum atomic E-state index is 11.1. The summed E-state index contributed by atoms with van der Waals surface area (Å²) in [5, 5.41) is 17.9. The third kappa shape index (κ3) is 2.52.